The van der Waals surface area contributed by atoms with Crippen molar-refractivity contribution in [3.05, 3.63) is 24.3 Å². The van der Waals surface area contributed by atoms with Gasteiger partial charge in [0.1, 0.15) is 13.2 Å². The van der Waals surface area contributed by atoms with Gasteiger partial charge in [0, 0.05) is 11.1 Å². The van der Waals surface area contributed by atoms with Crippen LogP contribution in [0.4, 0.5) is 0 Å². The minimum absolute atomic E-state index is 0.0483. The molecule has 18 heavy (non-hydrogen) atoms. The molecule has 0 aliphatic rings. The van der Waals surface area contributed by atoms with Gasteiger partial charge in [0.05, 0.1) is 0 Å². The molecule has 4 heteroatoms. The normalized spacial score (nSPS) is 9.67. The number of hydrogen-bond acceptors (Lipinski definition) is 4. The van der Waals surface area contributed by atoms with E-state index in [2.05, 4.69) is 13.2 Å². The maximum absolute atomic E-state index is 11.3. The van der Waals surface area contributed by atoms with Crippen molar-refractivity contribution in [2.45, 2.75) is 39.5 Å². The van der Waals surface area contributed by atoms with Gasteiger partial charge >= 0.3 is 11.9 Å². The van der Waals surface area contributed by atoms with Crippen molar-refractivity contribution in [1.29, 1.82) is 0 Å². The Morgan fingerprint density at radius 2 is 1.17 bits per heavy atom. The Kier molecular flexibility index (Phi) is 8.62. The standard InChI is InChI=1S/C14H22O4/c1-5-7-11(3)13(15)17-9-10-18-14(16)12(4)8-6-2/h3-10H2,1-2H3. The summed E-state index contributed by atoms with van der Waals surface area (Å²) >= 11 is 0. The van der Waals surface area contributed by atoms with Crippen LogP contribution < -0.4 is 0 Å². The highest BCUT2D eigenvalue weighted by Crippen LogP contribution is 2.05. The molecule has 0 aromatic carbocycles. The molecular formula is C14H22O4. The molecule has 0 saturated carbocycles. The first-order valence-corrected chi connectivity index (χ1v) is 6.22. The Morgan fingerprint density at radius 1 is 0.833 bits per heavy atom. The van der Waals surface area contributed by atoms with Crippen LogP contribution in [0.2, 0.25) is 0 Å². The number of esters is 2. The van der Waals surface area contributed by atoms with E-state index in [9.17, 15) is 9.59 Å². The number of carbonyl (C=O) groups excluding carboxylic acids is 2. The summed E-state index contributed by atoms with van der Waals surface area (Å²) in [6.07, 6.45) is 2.93. The second kappa shape index (κ2) is 9.45. The zero-order chi connectivity index (χ0) is 14.0. The third kappa shape index (κ3) is 6.89. The summed E-state index contributed by atoms with van der Waals surface area (Å²) in [6, 6.07) is 0. The molecule has 0 amide bonds. The van der Waals surface area contributed by atoms with Gasteiger partial charge < -0.3 is 9.47 Å². The number of carbonyl (C=O) groups is 2. The molecular weight excluding hydrogens is 232 g/mol. The fourth-order valence-corrected chi connectivity index (χ4v) is 1.28. The Balaban J connectivity index is 3.73. The molecule has 0 atom stereocenters. The maximum Gasteiger partial charge on any atom is 0.333 e. The third-order valence-electron chi connectivity index (χ3n) is 2.23. The lowest BCUT2D eigenvalue weighted by atomic mass is 10.2. The molecule has 4 nitrogen and oxygen atoms in total. The summed E-state index contributed by atoms with van der Waals surface area (Å²) in [5.41, 5.74) is 0.887. The Morgan fingerprint density at radius 3 is 1.44 bits per heavy atom. The van der Waals surface area contributed by atoms with E-state index in [0.29, 0.717) is 24.0 Å². The van der Waals surface area contributed by atoms with Gasteiger partial charge in [-0.25, -0.2) is 9.59 Å². The second-order valence-corrected chi connectivity index (χ2v) is 3.98. The van der Waals surface area contributed by atoms with Crippen LogP contribution in [0.1, 0.15) is 39.5 Å². The molecule has 0 saturated heterocycles. The SMILES string of the molecule is C=C(CCC)C(=O)OCCOC(=O)C(=C)CCC. The van der Waals surface area contributed by atoms with Crippen LogP contribution in [0.3, 0.4) is 0 Å². The zero-order valence-electron chi connectivity index (χ0n) is 11.3. The van der Waals surface area contributed by atoms with Gasteiger partial charge in [-0.1, -0.05) is 39.8 Å². The Hall–Kier alpha value is -1.58. The molecule has 0 aliphatic carbocycles. The highest BCUT2D eigenvalue weighted by molar-refractivity contribution is 5.88. The predicted molar refractivity (Wildman–Crippen MR) is 70.0 cm³/mol. The van der Waals surface area contributed by atoms with E-state index >= 15 is 0 Å². The molecule has 0 aromatic heterocycles. The van der Waals surface area contributed by atoms with E-state index in [-0.39, 0.29) is 13.2 Å². The first kappa shape index (κ1) is 16.4. The predicted octanol–water partition coefficient (Wildman–Crippen LogP) is 2.79. The molecule has 0 heterocycles. The topological polar surface area (TPSA) is 52.6 Å². The molecule has 0 aliphatic heterocycles. The third-order valence-corrected chi connectivity index (χ3v) is 2.23. The van der Waals surface area contributed by atoms with Crippen LogP contribution in [-0.2, 0) is 19.1 Å². The smallest absolute Gasteiger partial charge is 0.333 e. The summed E-state index contributed by atoms with van der Waals surface area (Å²) < 4.78 is 9.80. The summed E-state index contributed by atoms with van der Waals surface area (Å²) in [6.45, 7) is 11.2. The number of rotatable bonds is 9. The molecule has 0 spiro atoms. The first-order chi connectivity index (χ1) is 8.52. The van der Waals surface area contributed by atoms with Crippen LogP contribution in [-0.4, -0.2) is 25.2 Å². The molecule has 0 unspecified atom stereocenters. The summed E-state index contributed by atoms with van der Waals surface area (Å²) in [4.78, 5) is 22.7. The average Bonchev–Trinajstić information content (AvgIpc) is 2.34. The van der Waals surface area contributed by atoms with Crippen molar-refractivity contribution in [1.82, 2.24) is 0 Å². The lowest BCUT2D eigenvalue weighted by Crippen LogP contribution is -2.15. The van der Waals surface area contributed by atoms with Crippen molar-refractivity contribution in [2.24, 2.45) is 0 Å². The van der Waals surface area contributed by atoms with Crippen LogP contribution in [0, 0.1) is 0 Å². The van der Waals surface area contributed by atoms with Crippen molar-refractivity contribution < 1.29 is 19.1 Å². The van der Waals surface area contributed by atoms with Gasteiger partial charge in [0.15, 0.2) is 0 Å². The monoisotopic (exact) mass is 254 g/mol. The first-order valence-electron chi connectivity index (χ1n) is 6.22. The van der Waals surface area contributed by atoms with Gasteiger partial charge in [0.25, 0.3) is 0 Å². The molecule has 0 radical (unpaired) electrons. The summed E-state index contributed by atoms with van der Waals surface area (Å²) in [7, 11) is 0. The quantitative estimate of drug-likeness (QED) is 0.360. The molecule has 0 aromatic rings. The van der Waals surface area contributed by atoms with Crippen molar-refractivity contribution >= 4 is 11.9 Å². The highest BCUT2D eigenvalue weighted by atomic mass is 16.6. The molecule has 0 rings (SSSR count). The van der Waals surface area contributed by atoms with E-state index in [1.165, 1.54) is 0 Å². The van der Waals surface area contributed by atoms with Gasteiger partial charge in [0.2, 0.25) is 0 Å². The van der Waals surface area contributed by atoms with E-state index in [0.717, 1.165) is 12.8 Å². The molecule has 0 N–H and O–H groups in total. The molecule has 0 bridgehead atoms. The molecule has 0 fully saturated rings. The average molecular weight is 254 g/mol. The Labute approximate surface area is 109 Å². The number of ether oxygens (including phenoxy) is 2. The van der Waals surface area contributed by atoms with Gasteiger partial charge in [-0.15, -0.1) is 0 Å². The second-order valence-electron chi connectivity index (χ2n) is 3.98. The number of hydrogen-bond donors (Lipinski definition) is 0. The van der Waals surface area contributed by atoms with Crippen LogP contribution in [0.5, 0.6) is 0 Å². The summed E-state index contributed by atoms with van der Waals surface area (Å²) in [5.74, 6) is -0.861. The van der Waals surface area contributed by atoms with Gasteiger partial charge in [-0.2, -0.15) is 0 Å². The molecule has 102 valence electrons. The fourth-order valence-electron chi connectivity index (χ4n) is 1.28. The van der Waals surface area contributed by atoms with Crippen molar-refractivity contribution in [3.63, 3.8) is 0 Å². The fraction of sp³-hybridized carbons (Fsp3) is 0.571. The van der Waals surface area contributed by atoms with Crippen molar-refractivity contribution in [2.75, 3.05) is 13.2 Å². The maximum atomic E-state index is 11.3. The van der Waals surface area contributed by atoms with E-state index in [4.69, 9.17) is 9.47 Å². The van der Waals surface area contributed by atoms with Crippen LogP contribution in [0.15, 0.2) is 24.3 Å². The zero-order valence-corrected chi connectivity index (χ0v) is 11.3. The Bertz CT molecular complexity index is 286. The summed E-state index contributed by atoms with van der Waals surface area (Å²) in [5, 5.41) is 0. The van der Waals surface area contributed by atoms with Gasteiger partial charge in [-0.3, -0.25) is 0 Å². The highest BCUT2D eigenvalue weighted by Gasteiger charge is 2.09. The minimum Gasteiger partial charge on any atom is -0.459 e. The lowest BCUT2D eigenvalue weighted by Gasteiger charge is -2.08. The van der Waals surface area contributed by atoms with E-state index < -0.39 is 11.9 Å². The van der Waals surface area contributed by atoms with Crippen molar-refractivity contribution in [3.8, 4) is 0 Å². The lowest BCUT2D eigenvalue weighted by molar-refractivity contribution is -0.147. The van der Waals surface area contributed by atoms with Crippen LogP contribution in [0.25, 0.3) is 0 Å². The van der Waals surface area contributed by atoms with E-state index in [1.54, 1.807) is 0 Å². The van der Waals surface area contributed by atoms with Crippen LogP contribution >= 0.6 is 0 Å². The van der Waals surface area contributed by atoms with Gasteiger partial charge in [-0.05, 0) is 12.8 Å². The largest absolute Gasteiger partial charge is 0.459 e. The van der Waals surface area contributed by atoms with E-state index in [1.807, 2.05) is 13.8 Å². The minimum atomic E-state index is -0.430.